The van der Waals surface area contributed by atoms with Crippen LogP contribution in [0.15, 0.2) is 60.9 Å². The van der Waals surface area contributed by atoms with Crippen molar-refractivity contribution in [2.24, 2.45) is 5.92 Å². The molecule has 4 aromatic rings. The fourth-order valence-electron chi connectivity index (χ4n) is 4.61. The lowest BCUT2D eigenvalue weighted by molar-refractivity contribution is 0.325. The SMILES string of the molecule is Fc1ccc2c(NCC3CCN(CCCNc4ccnc5cc(I)ccc45)C3)ccnc2c1. The molecule has 33 heavy (non-hydrogen) atoms. The Morgan fingerprint density at radius 3 is 2.48 bits per heavy atom. The molecule has 0 amide bonds. The largest absolute Gasteiger partial charge is 0.384 e. The van der Waals surface area contributed by atoms with E-state index in [9.17, 15) is 4.39 Å². The van der Waals surface area contributed by atoms with Crippen molar-refractivity contribution in [1.82, 2.24) is 14.9 Å². The molecule has 1 unspecified atom stereocenters. The standard InChI is InChI=1S/C26H27FIN5/c27-19-2-4-21-24(7-11-30-25(21)14-19)32-16-18-8-13-33(17-18)12-1-9-29-23-6-10-31-26-15-20(28)3-5-22(23)26/h2-7,10-11,14-15,18H,1,8-9,12-13,16-17H2,(H,29,31)(H,30,32). The first-order valence-corrected chi connectivity index (χ1v) is 12.5. The number of fused-ring (bicyclic) bond motifs is 2. The van der Waals surface area contributed by atoms with Crippen LogP contribution in [-0.2, 0) is 0 Å². The van der Waals surface area contributed by atoms with Gasteiger partial charge in [-0.25, -0.2) is 4.39 Å². The van der Waals surface area contributed by atoms with E-state index in [1.165, 1.54) is 27.5 Å². The van der Waals surface area contributed by atoms with Crippen molar-refractivity contribution < 1.29 is 4.39 Å². The van der Waals surface area contributed by atoms with Gasteiger partial charge in [0.15, 0.2) is 0 Å². The van der Waals surface area contributed by atoms with E-state index in [1.54, 1.807) is 12.3 Å². The smallest absolute Gasteiger partial charge is 0.125 e. The molecule has 2 aromatic carbocycles. The maximum Gasteiger partial charge on any atom is 0.125 e. The highest BCUT2D eigenvalue weighted by atomic mass is 127. The summed E-state index contributed by atoms with van der Waals surface area (Å²) in [7, 11) is 0. The van der Waals surface area contributed by atoms with Gasteiger partial charge in [0.05, 0.1) is 11.0 Å². The average Bonchev–Trinajstić information content (AvgIpc) is 3.27. The van der Waals surface area contributed by atoms with Crippen LogP contribution in [0.4, 0.5) is 15.8 Å². The molecule has 1 aliphatic rings. The van der Waals surface area contributed by atoms with Crippen molar-refractivity contribution >= 4 is 55.8 Å². The second-order valence-corrected chi connectivity index (χ2v) is 9.90. The molecule has 1 fully saturated rings. The number of halogens is 2. The van der Waals surface area contributed by atoms with Crippen LogP contribution in [0.1, 0.15) is 12.8 Å². The zero-order chi connectivity index (χ0) is 22.6. The minimum atomic E-state index is -0.250. The lowest BCUT2D eigenvalue weighted by Gasteiger charge is -2.17. The van der Waals surface area contributed by atoms with E-state index >= 15 is 0 Å². The van der Waals surface area contributed by atoms with Gasteiger partial charge in [-0.2, -0.15) is 0 Å². The Labute approximate surface area is 206 Å². The Kier molecular flexibility index (Phi) is 6.87. The van der Waals surface area contributed by atoms with E-state index in [0.29, 0.717) is 11.4 Å². The van der Waals surface area contributed by atoms with Crippen LogP contribution in [-0.4, -0.2) is 47.6 Å². The monoisotopic (exact) mass is 555 g/mol. The number of likely N-dealkylation sites (tertiary alicyclic amines) is 1. The van der Waals surface area contributed by atoms with Crippen LogP contribution in [0.2, 0.25) is 0 Å². The Balaban J connectivity index is 1.08. The maximum absolute atomic E-state index is 13.5. The fourth-order valence-corrected chi connectivity index (χ4v) is 5.09. The Morgan fingerprint density at radius 2 is 1.67 bits per heavy atom. The van der Waals surface area contributed by atoms with Crippen molar-refractivity contribution in [3.8, 4) is 0 Å². The third-order valence-corrected chi connectivity index (χ3v) is 7.00. The second-order valence-electron chi connectivity index (χ2n) is 8.66. The quantitative estimate of drug-likeness (QED) is 0.214. The van der Waals surface area contributed by atoms with Crippen LogP contribution in [0, 0.1) is 15.3 Å². The summed E-state index contributed by atoms with van der Waals surface area (Å²) >= 11 is 2.32. The summed E-state index contributed by atoms with van der Waals surface area (Å²) in [5.74, 6) is 0.369. The van der Waals surface area contributed by atoms with E-state index in [0.717, 1.165) is 61.4 Å². The van der Waals surface area contributed by atoms with Crippen molar-refractivity contribution in [1.29, 1.82) is 0 Å². The molecule has 2 N–H and O–H groups in total. The number of rotatable bonds is 8. The van der Waals surface area contributed by atoms with E-state index in [4.69, 9.17) is 0 Å². The summed E-state index contributed by atoms with van der Waals surface area (Å²) < 4.78 is 14.7. The highest BCUT2D eigenvalue weighted by Gasteiger charge is 2.22. The highest BCUT2D eigenvalue weighted by molar-refractivity contribution is 14.1. The fraction of sp³-hybridized carbons (Fsp3) is 0.308. The van der Waals surface area contributed by atoms with Crippen LogP contribution < -0.4 is 10.6 Å². The number of aromatic nitrogens is 2. The van der Waals surface area contributed by atoms with Gasteiger partial charge in [-0.3, -0.25) is 9.97 Å². The van der Waals surface area contributed by atoms with Crippen LogP contribution in [0.25, 0.3) is 21.8 Å². The van der Waals surface area contributed by atoms with Gasteiger partial charge in [0, 0.05) is 63.8 Å². The molecule has 5 nitrogen and oxygen atoms in total. The van der Waals surface area contributed by atoms with Gasteiger partial charge >= 0.3 is 0 Å². The Morgan fingerprint density at radius 1 is 0.939 bits per heavy atom. The molecular formula is C26H27FIN5. The molecular weight excluding hydrogens is 528 g/mol. The van der Waals surface area contributed by atoms with Gasteiger partial charge < -0.3 is 15.5 Å². The minimum Gasteiger partial charge on any atom is -0.384 e. The van der Waals surface area contributed by atoms with Crippen molar-refractivity contribution in [2.45, 2.75) is 12.8 Å². The average molecular weight is 555 g/mol. The van der Waals surface area contributed by atoms with Gasteiger partial charge in [-0.1, -0.05) is 0 Å². The van der Waals surface area contributed by atoms with E-state index in [1.807, 2.05) is 12.3 Å². The molecule has 170 valence electrons. The van der Waals surface area contributed by atoms with Crippen LogP contribution >= 0.6 is 22.6 Å². The zero-order valence-electron chi connectivity index (χ0n) is 18.4. The van der Waals surface area contributed by atoms with Crippen LogP contribution in [0.3, 0.4) is 0 Å². The molecule has 7 heteroatoms. The minimum absolute atomic E-state index is 0.250. The summed E-state index contributed by atoms with van der Waals surface area (Å²) in [4.78, 5) is 11.3. The predicted octanol–water partition coefficient (Wildman–Crippen LogP) is 5.76. The highest BCUT2D eigenvalue weighted by Crippen LogP contribution is 2.25. The zero-order valence-corrected chi connectivity index (χ0v) is 20.6. The number of anilines is 2. The number of benzene rings is 2. The predicted molar refractivity (Wildman–Crippen MR) is 142 cm³/mol. The molecule has 1 atom stereocenters. The first-order valence-electron chi connectivity index (χ1n) is 11.4. The number of pyridine rings is 2. The number of nitrogens with one attached hydrogen (secondary N) is 2. The summed E-state index contributed by atoms with van der Waals surface area (Å²) in [6.45, 7) is 5.23. The Hall–Kier alpha value is -2.52. The first-order chi connectivity index (χ1) is 16.2. The molecule has 0 radical (unpaired) electrons. The topological polar surface area (TPSA) is 53.1 Å². The van der Waals surface area contributed by atoms with Gasteiger partial charge in [-0.15, -0.1) is 0 Å². The molecule has 0 aliphatic carbocycles. The van der Waals surface area contributed by atoms with Crippen molar-refractivity contribution in [2.75, 3.05) is 43.4 Å². The van der Waals surface area contributed by atoms with Gasteiger partial charge in [-0.05, 0) is 96.9 Å². The molecule has 3 heterocycles. The van der Waals surface area contributed by atoms with E-state index in [-0.39, 0.29) is 5.82 Å². The first kappa shape index (κ1) is 22.3. The molecule has 1 saturated heterocycles. The van der Waals surface area contributed by atoms with Crippen molar-refractivity contribution in [3.05, 3.63) is 70.3 Å². The molecule has 0 saturated carbocycles. The van der Waals surface area contributed by atoms with Gasteiger partial charge in [0.25, 0.3) is 0 Å². The molecule has 0 spiro atoms. The normalized spacial score (nSPS) is 16.5. The summed E-state index contributed by atoms with van der Waals surface area (Å²) in [6, 6.07) is 15.2. The molecule has 5 rings (SSSR count). The lowest BCUT2D eigenvalue weighted by Crippen LogP contribution is -2.25. The Bertz CT molecular complexity index is 1260. The summed E-state index contributed by atoms with van der Waals surface area (Å²) in [6.07, 6.45) is 5.92. The number of hydrogen-bond acceptors (Lipinski definition) is 5. The maximum atomic E-state index is 13.5. The second kappa shape index (κ2) is 10.2. The van der Waals surface area contributed by atoms with E-state index < -0.39 is 0 Å². The molecule has 2 aromatic heterocycles. The number of nitrogens with zero attached hydrogens (tertiary/aromatic N) is 3. The lowest BCUT2D eigenvalue weighted by atomic mass is 10.1. The van der Waals surface area contributed by atoms with Gasteiger partial charge in [0.2, 0.25) is 0 Å². The van der Waals surface area contributed by atoms with E-state index in [2.05, 4.69) is 72.4 Å². The summed E-state index contributed by atoms with van der Waals surface area (Å²) in [5, 5.41) is 9.32. The van der Waals surface area contributed by atoms with Crippen molar-refractivity contribution in [3.63, 3.8) is 0 Å². The molecule has 0 bridgehead atoms. The molecule has 1 aliphatic heterocycles. The number of hydrogen-bond donors (Lipinski definition) is 2. The third kappa shape index (κ3) is 5.35. The summed E-state index contributed by atoms with van der Waals surface area (Å²) in [5.41, 5.74) is 3.91. The third-order valence-electron chi connectivity index (χ3n) is 6.33. The van der Waals surface area contributed by atoms with Gasteiger partial charge in [0.1, 0.15) is 5.82 Å². The van der Waals surface area contributed by atoms with Crippen LogP contribution in [0.5, 0.6) is 0 Å².